The molecule has 0 heterocycles. The highest BCUT2D eigenvalue weighted by atomic mass is 35.5. The molecule has 0 atom stereocenters. The molecule has 0 aliphatic rings. The van der Waals surface area contributed by atoms with E-state index in [-0.39, 0.29) is 11.6 Å². The highest BCUT2D eigenvalue weighted by Gasteiger charge is 2.06. The Bertz CT molecular complexity index is 842. The van der Waals surface area contributed by atoms with Crippen LogP contribution >= 0.6 is 11.6 Å². The number of nitrogens with one attached hydrogen (secondary N) is 2. The Balaban J connectivity index is 1.73. The minimum Gasteiger partial charge on any atom is -0.496 e. The molecule has 0 spiro atoms. The molecule has 2 N–H and O–H groups in total. The first-order valence-electron chi connectivity index (χ1n) is 7.97. The molecular formula is C19H18ClFN2O4. The van der Waals surface area contributed by atoms with Crippen molar-refractivity contribution in [2.75, 3.05) is 13.7 Å². The van der Waals surface area contributed by atoms with Crippen molar-refractivity contribution in [3.8, 4) is 5.75 Å². The van der Waals surface area contributed by atoms with E-state index in [9.17, 15) is 14.0 Å². The molecule has 6 nitrogen and oxygen atoms in total. The molecule has 0 bridgehead atoms. The van der Waals surface area contributed by atoms with Crippen LogP contribution in [-0.2, 0) is 16.0 Å². The Morgan fingerprint density at radius 2 is 1.96 bits per heavy atom. The first kappa shape index (κ1) is 20.3. The summed E-state index contributed by atoms with van der Waals surface area (Å²) in [7, 11) is 1.56. The molecule has 0 aliphatic carbocycles. The number of para-hydroxylation sites is 1. The fourth-order valence-electron chi connectivity index (χ4n) is 2.16. The van der Waals surface area contributed by atoms with Crippen molar-refractivity contribution < 1.29 is 23.5 Å². The first-order valence-corrected chi connectivity index (χ1v) is 8.35. The van der Waals surface area contributed by atoms with Crippen molar-refractivity contribution in [1.82, 2.24) is 10.9 Å². The number of amides is 2. The number of carbonyl (C=O) groups is 2. The molecule has 0 aliphatic heterocycles. The van der Waals surface area contributed by atoms with Crippen molar-refractivity contribution in [2.45, 2.75) is 6.42 Å². The second kappa shape index (κ2) is 10.2. The molecule has 2 aromatic rings. The van der Waals surface area contributed by atoms with E-state index < -0.39 is 17.8 Å². The highest BCUT2D eigenvalue weighted by Crippen LogP contribution is 2.18. The Kier molecular flexibility index (Phi) is 7.63. The van der Waals surface area contributed by atoms with Gasteiger partial charge in [-0.05, 0) is 35.4 Å². The summed E-state index contributed by atoms with van der Waals surface area (Å²) < 4.78 is 23.1. The maximum atomic E-state index is 13.0. The summed E-state index contributed by atoms with van der Waals surface area (Å²) in [5, 5.41) is 0.169. The summed E-state index contributed by atoms with van der Waals surface area (Å²) in [6.45, 7) is 0.114. The zero-order valence-corrected chi connectivity index (χ0v) is 15.3. The van der Waals surface area contributed by atoms with Gasteiger partial charge in [0.25, 0.3) is 5.91 Å². The number of carbonyl (C=O) groups excluding carboxylic acids is 2. The minimum atomic E-state index is -0.800. The Labute approximate surface area is 160 Å². The van der Waals surface area contributed by atoms with Crippen LogP contribution in [0.3, 0.4) is 0 Å². The topological polar surface area (TPSA) is 76.7 Å². The summed E-state index contributed by atoms with van der Waals surface area (Å²) >= 11 is 5.85. The predicted molar refractivity (Wildman–Crippen MR) is 99.8 cm³/mol. The van der Waals surface area contributed by atoms with Gasteiger partial charge in [-0.3, -0.25) is 10.2 Å². The van der Waals surface area contributed by atoms with Gasteiger partial charge in [-0.1, -0.05) is 35.9 Å². The molecule has 2 amide bonds. The van der Waals surface area contributed by atoms with Crippen molar-refractivity contribution in [3.63, 3.8) is 0 Å². The zero-order chi connectivity index (χ0) is 19.6. The number of hydrogen-bond acceptors (Lipinski definition) is 4. The van der Waals surface area contributed by atoms with Gasteiger partial charge in [0.05, 0.1) is 18.7 Å². The molecule has 0 aromatic heterocycles. The second-order valence-electron chi connectivity index (χ2n) is 5.31. The lowest BCUT2D eigenvalue weighted by Crippen LogP contribution is -2.41. The number of hydrogen-bond donors (Lipinski definition) is 2. The lowest BCUT2D eigenvalue weighted by Gasteiger charge is -2.09. The van der Waals surface area contributed by atoms with Gasteiger partial charge in [0.15, 0.2) is 0 Å². The lowest BCUT2D eigenvalue weighted by atomic mass is 10.1. The van der Waals surface area contributed by atoms with Crippen LogP contribution < -0.4 is 15.6 Å². The van der Waals surface area contributed by atoms with Gasteiger partial charge < -0.3 is 9.47 Å². The van der Waals surface area contributed by atoms with E-state index >= 15 is 0 Å². The standard InChI is InChI=1S/C19H18ClFN2O4/c1-26-17-5-3-2-4-14(17)10-11-27-19(25)23-22-18(24)9-7-13-6-8-15(21)12-16(13)20/h2-9,12H,10-11H2,1H3,(H,22,24)(H,23,25)/b9-7+. The SMILES string of the molecule is COc1ccccc1CCOC(=O)NNC(=O)/C=C/c1ccc(F)cc1Cl. The smallest absolute Gasteiger partial charge is 0.426 e. The summed E-state index contributed by atoms with van der Waals surface area (Å²) in [6.07, 6.45) is 2.21. The maximum Gasteiger partial charge on any atom is 0.426 e. The summed E-state index contributed by atoms with van der Waals surface area (Å²) in [5.74, 6) is -0.365. The molecule has 0 saturated heterocycles. The van der Waals surface area contributed by atoms with Gasteiger partial charge in [0.2, 0.25) is 0 Å². The number of hydrazine groups is 1. The van der Waals surface area contributed by atoms with E-state index in [1.807, 2.05) is 24.3 Å². The van der Waals surface area contributed by atoms with Crippen LogP contribution in [0, 0.1) is 5.82 Å². The third-order valence-electron chi connectivity index (χ3n) is 3.46. The van der Waals surface area contributed by atoms with Crippen molar-refractivity contribution in [3.05, 3.63) is 70.5 Å². The number of ether oxygens (including phenoxy) is 2. The van der Waals surface area contributed by atoms with E-state index in [0.717, 1.165) is 17.7 Å². The van der Waals surface area contributed by atoms with Gasteiger partial charge in [0.1, 0.15) is 11.6 Å². The van der Waals surface area contributed by atoms with Gasteiger partial charge in [0, 0.05) is 12.5 Å². The minimum absolute atomic E-state index is 0.114. The van der Waals surface area contributed by atoms with E-state index in [1.165, 1.54) is 18.2 Å². The first-order chi connectivity index (χ1) is 13.0. The van der Waals surface area contributed by atoms with E-state index in [0.29, 0.717) is 17.7 Å². The van der Waals surface area contributed by atoms with Gasteiger partial charge in [-0.15, -0.1) is 0 Å². The second-order valence-corrected chi connectivity index (χ2v) is 5.72. The molecule has 0 fully saturated rings. The fourth-order valence-corrected chi connectivity index (χ4v) is 2.39. The molecule has 8 heteroatoms. The quantitative estimate of drug-likeness (QED) is 0.582. The predicted octanol–water partition coefficient (Wildman–Crippen LogP) is 3.50. The normalized spacial score (nSPS) is 10.5. The summed E-state index contributed by atoms with van der Waals surface area (Å²) in [4.78, 5) is 23.3. The monoisotopic (exact) mass is 392 g/mol. The van der Waals surface area contributed by atoms with Gasteiger partial charge >= 0.3 is 6.09 Å². The van der Waals surface area contributed by atoms with E-state index in [4.69, 9.17) is 21.1 Å². The lowest BCUT2D eigenvalue weighted by molar-refractivity contribution is -0.117. The van der Waals surface area contributed by atoms with Crippen LogP contribution in [-0.4, -0.2) is 25.7 Å². The van der Waals surface area contributed by atoms with Crippen LogP contribution in [0.5, 0.6) is 5.75 Å². The molecule has 0 unspecified atom stereocenters. The molecule has 0 radical (unpaired) electrons. The Morgan fingerprint density at radius 1 is 1.19 bits per heavy atom. The average molecular weight is 393 g/mol. The van der Waals surface area contributed by atoms with Crippen LogP contribution in [0.25, 0.3) is 6.08 Å². The third kappa shape index (κ3) is 6.63. The molecule has 2 rings (SSSR count). The Morgan fingerprint density at radius 3 is 2.70 bits per heavy atom. The van der Waals surface area contributed by atoms with Crippen molar-refractivity contribution in [2.24, 2.45) is 0 Å². The molecular weight excluding hydrogens is 375 g/mol. The average Bonchev–Trinajstić information content (AvgIpc) is 2.66. The summed E-state index contributed by atoms with van der Waals surface area (Å²) in [6, 6.07) is 11.2. The number of methoxy groups -OCH3 is 1. The van der Waals surface area contributed by atoms with E-state index in [2.05, 4.69) is 10.9 Å². The summed E-state index contributed by atoms with van der Waals surface area (Å²) in [5.41, 5.74) is 5.65. The van der Waals surface area contributed by atoms with Crippen LogP contribution in [0.4, 0.5) is 9.18 Å². The number of halogens is 2. The van der Waals surface area contributed by atoms with Crippen LogP contribution in [0.1, 0.15) is 11.1 Å². The van der Waals surface area contributed by atoms with E-state index in [1.54, 1.807) is 7.11 Å². The third-order valence-corrected chi connectivity index (χ3v) is 3.79. The van der Waals surface area contributed by atoms with Crippen molar-refractivity contribution >= 4 is 29.7 Å². The van der Waals surface area contributed by atoms with Gasteiger partial charge in [-0.25, -0.2) is 14.6 Å². The molecule has 142 valence electrons. The molecule has 27 heavy (non-hydrogen) atoms. The Hall–Kier alpha value is -3.06. The highest BCUT2D eigenvalue weighted by molar-refractivity contribution is 6.32. The largest absolute Gasteiger partial charge is 0.496 e. The van der Waals surface area contributed by atoms with Crippen molar-refractivity contribution in [1.29, 1.82) is 0 Å². The zero-order valence-electron chi connectivity index (χ0n) is 14.5. The fraction of sp³-hybridized carbons (Fsp3) is 0.158. The van der Waals surface area contributed by atoms with Crippen LogP contribution in [0.2, 0.25) is 5.02 Å². The number of rotatable bonds is 6. The molecule has 0 saturated carbocycles. The number of benzene rings is 2. The van der Waals surface area contributed by atoms with Crippen LogP contribution in [0.15, 0.2) is 48.5 Å². The maximum absolute atomic E-state index is 13.0. The van der Waals surface area contributed by atoms with Gasteiger partial charge in [-0.2, -0.15) is 0 Å². The molecule has 2 aromatic carbocycles.